The summed E-state index contributed by atoms with van der Waals surface area (Å²) >= 11 is 0. The molecule has 3 fully saturated rings. The molecule has 156 valence electrons. The van der Waals surface area contributed by atoms with Crippen LogP contribution in [0.1, 0.15) is 51.0 Å². The number of carbonyl (C=O) groups is 1. The quantitative estimate of drug-likeness (QED) is 0.673. The van der Waals surface area contributed by atoms with Gasteiger partial charge in [-0.2, -0.15) is 0 Å². The van der Waals surface area contributed by atoms with Crippen LogP contribution < -0.4 is 4.74 Å². The SMILES string of the molecule is CN(C[C@H]1C[C@H](Oc2cccc(CN3CCCC3)c2F)C1)C(=O)C1(C)CC1.Cl. The van der Waals surface area contributed by atoms with E-state index in [0.29, 0.717) is 18.2 Å². The van der Waals surface area contributed by atoms with Gasteiger partial charge in [0.2, 0.25) is 5.91 Å². The van der Waals surface area contributed by atoms with Gasteiger partial charge < -0.3 is 9.64 Å². The number of benzene rings is 1. The van der Waals surface area contributed by atoms with E-state index in [-0.39, 0.29) is 35.7 Å². The summed E-state index contributed by atoms with van der Waals surface area (Å²) < 4.78 is 20.7. The molecule has 0 spiro atoms. The number of hydrogen-bond acceptors (Lipinski definition) is 3. The highest BCUT2D eigenvalue weighted by atomic mass is 35.5. The lowest BCUT2D eigenvalue weighted by Crippen LogP contribution is -2.43. The number of amides is 1. The Balaban J connectivity index is 0.00000225. The van der Waals surface area contributed by atoms with Crippen molar-refractivity contribution in [3.8, 4) is 5.75 Å². The molecule has 2 saturated carbocycles. The number of carbonyl (C=O) groups excluding carboxylic acids is 1. The second-order valence-corrected chi connectivity index (χ2v) is 9.04. The maximum absolute atomic E-state index is 14.8. The summed E-state index contributed by atoms with van der Waals surface area (Å²) in [6.45, 7) is 5.62. The molecule has 1 saturated heterocycles. The molecule has 2 aliphatic carbocycles. The van der Waals surface area contributed by atoms with Gasteiger partial charge in [0.15, 0.2) is 11.6 Å². The number of hydrogen-bond donors (Lipinski definition) is 0. The monoisotopic (exact) mass is 410 g/mol. The molecule has 0 bridgehead atoms. The topological polar surface area (TPSA) is 32.8 Å². The van der Waals surface area contributed by atoms with Gasteiger partial charge >= 0.3 is 0 Å². The lowest BCUT2D eigenvalue weighted by Gasteiger charge is -2.38. The van der Waals surface area contributed by atoms with Crippen molar-refractivity contribution >= 4 is 18.3 Å². The summed E-state index contributed by atoms with van der Waals surface area (Å²) in [7, 11) is 1.90. The molecule has 4 rings (SSSR count). The molecule has 0 aromatic heterocycles. The third kappa shape index (κ3) is 4.62. The second kappa shape index (κ2) is 8.58. The van der Waals surface area contributed by atoms with E-state index in [9.17, 15) is 9.18 Å². The van der Waals surface area contributed by atoms with Crippen molar-refractivity contribution in [1.29, 1.82) is 0 Å². The molecule has 6 heteroatoms. The smallest absolute Gasteiger partial charge is 0.228 e. The molecule has 1 aromatic carbocycles. The Morgan fingerprint density at radius 2 is 1.96 bits per heavy atom. The Bertz CT molecular complexity index is 698. The van der Waals surface area contributed by atoms with Crippen molar-refractivity contribution in [2.45, 2.75) is 58.1 Å². The summed E-state index contributed by atoms with van der Waals surface area (Å²) in [6.07, 6.45) is 6.29. The lowest BCUT2D eigenvalue weighted by atomic mass is 9.81. The molecule has 4 nitrogen and oxygen atoms in total. The first kappa shape index (κ1) is 21.4. The van der Waals surface area contributed by atoms with Crippen molar-refractivity contribution in [2.75, 3.05) is 26.7 Å². The van der Waals surface area contributed by atoms with Crippen LogP contribution in [0.3, 0.4) is 0 Å². The van der Waals surface area contributed by atoms with Crippen LogP contribution in [0.5, 0.6) is 5.75 Å². The average Bonchev–Trinajstić information content (AvgIpc) is 3.15. The number of ether oxygens (including phenoxy) is 1. The highest BCUT2D eigenvalue weighted by Gasteiger charge is 2.47. The van der Waals surface area contributed by atoms with Crippen molar-refractivity contribution in [3.05, 3.63) is 29.6 Å². The zero-order valence-electron chi connectivity index (χ0n) is 17.0. The van der Waals surface area contributed by atoms with E-state index in [1.54, 1.807) is 6.07 Å². The molecule has 0 N–H and O–H groups in total. The summed E-state index contributed by atoms with van der Waals surface area (Å²) in [5.74, 6) is 0.904. The predicted octanol–water partition coefficient (Wildman–Crippen LogP) is 4.26. The minimum absolute atomic E-state index is 0. The third-order valence-corrected chi connectivity index (χ3v) is 6.52. The van der Waals surface area contributed by atoms with E-state index in [2.05, 4.69) is 11.8 Å². The van der Waals surface area contributed by atoms with Crippen LogP contribution in [0.25, 0.3) is 0 Å². The zero-order chi connectivity index (χ0) is 19.0. The van der Waals surface area contributed by atoms with Crippen LogP contribution in [-0.2, 0) is 11.3 Å². The molecular weight excluding hydrogens is 379 g/mol. The summed E-state index contributed by atoms with van der Waals surface area (Å²) in [5, 5.41) is 0. The Morgan fingerprint density at radius 3 is 2.61 bits per heavy atom. The largest absolute Gasteiger partial charge is 0.487 e. The minimum Gasteiger partial charge on any atom is -0.487 e. The Hall–Kier alpha value is -1.33. The molecule has 1 heterocycles. The average molecular weight is 411 g/mol. The van der Waals surface area contributed by atoms with E-state index in [1.165, 1.54) is 12.8 Å². The van der Waals surface area contributed by atoms with E-state index >= 15 is 0 Å². The molecule has 0 atom stereocenters. The zero-order valence-corrected chi connectivity index (χ0v) is 17.8. The molecule has 1 aliphatic heterocycles. The molecular formula is C22H32ClFN2O2. The summed E-state index contributed by atoms with van der Waals surface area (Å²) in [5.41, 5.74) is 0.626. The third-order valence-electron chi connectivity index (χ3n) is 6.52. The van der Waals surface area contributed by atoms with Crippen molar-refractivity contribution < 1.29 is 13.9 Å². The van der Waals surface area contributed by atoms with E-state index in [1.807, 2.05) is 24.1 Å². The first-order valence-electron chi connectivity index (χ1n) is 10.4. The highest BCUT2D eigenvalue weighted by Crippen LogP contribution is 2.46. The normalized spacial score (nSPS) is 25.5. The molecule has 1 aromatic rings. The van der Waals surface area contributed by atoms with Gasteiger partial charge in [0.1, 0.15) is 0 Å². The minimum atomic E-state index is -0.207. The highest BCUT2D eigenvalue weighted by molar-refractivity contribution is 5.85. The number of nitrogens with zero attached hydrogens (tertiary/aromatic N) is 2. The molecule has 3 aliphatic rings. The van der Waals surface area contributed by atoms with Crippen molar-refractivity contribution in [1.82, 2.24) is 9.80 Å². The maximum atomic E-state index is 14.8. The summed E-state index contributed by atoms with van der Waals surface area (Å²) in [6, 6.07) is 5.49. The van der Waals surface area contributed by atoms with Gasteiger partial charge in [0.25, 0.3) is 0 Å². The summed E-state index contributed by atoms with van der Waals surface area (Å²) in [4.78, 5) is 16.5. The van der Waals surface area contributed by atoms with E-state index in [0.717, 1.165) is 50.9 Å². The number of rotatable bonds is 7. The fourth-order valence-electron chi connectivity index (χ4n) is 4.38. The van der Waals surface area contributed by atoms with Crippen LogP contribution in [0.15, 0.2) is 18.2 Å². The van der Waals surface area contributed by atoms with Crippen LogP contribution in [0.2, 0.25) is 0 Å². The van der Waals surface area contributed by atoms with Gasteiger partial charge in [0.05, 0.1) is 6.10 Å². The Morgan fingerprint density at radius 1 is 1.29 bits per heavy atom. The van der Waals surface area contributed by atoms with Gasteiger partial charge in [-0.3, -0.25) is 9.69 Å². The van der Waals surface area contributed by atoms with Crippen molar-refractivity contribution in [3.63, 3.8) is 0 Å². The first-order chi connectivity index (χ1) is 12.9. The van der Waals surface area contributed by atoms with Crippen LogP contribution >= 0.6 is 12.4 Å². The lowest BCUT2D eigenvalue weighted by molar-refractivity contribution is -0.136. The van der Waals surface area contributed by atoms with Crippen LogP contribution in [0, 0.1) is 17.2 Å². The van der Waals surface area contributed by atoms with Gasteiger partial charge in [-0.1, -0.05) is 19.1 Å². The Labute approximate surface area is 173 Å². The predicted molar refractivity (Wildman–Crippen MR) is 110 cm³/mol. The fraction of sp³-hybridized carbons (Fsp3) is 0.682. The standard InChI is InChI=1S/C22H31FN2O2.ClH/c1-22(8-9-22)21(26)24(2)14-16-12-18(13-16)27-19-7-5-6-17(20(19)23)15-25-10-3-4-11-25;/h5-7,16,18H,3-4,8-15H2,1-2H3;1H/t16-,18-;. The molecule has 0 unspecified atom stereocenters. The van der Waals surface area contributed by atoms with Gasteiger partial charge in [-0.15, -0.1) is 12.4 Å². The second-order valence-electron chi connectivity index (χ2n) is 9.04. The maximum Gasteiger partial charge on any atom is 0.228 e. The fourth-order valence-corrected chi connectivity index (χ4v) is 4.38. The molecule has 28 heavy (non-hydrogen) atoms. The Kier molecular flexibility index (Phi) is 6.55. The van der Waals surface area contributed by atoms with Crippen molar-refractivity contribution in [2.24, 2.45) is 11.3 Å². The van der Waals surface area contributed by atoms with Gasteiger partial charge in [0, 0.05) is 31.1 Å². The number of likely N-dealkylation sites (tertiary alicyclic amines) is 1. The molecule has 0 radical (unpaired) electrons. The van der Waals surface area contributed by atoms with Gasteiger partial charge in [-0.25, -0.2) is 4.39 Å². The van der Waals surface area contributed by atoms with Crippen LogP contribution in [-0.4, -0.2) is 48.5 Å². The number of halogens is 2. The molecule has 1 amide bonds. The van der Waals surface area contributed by atoms with Gasteiger partial charge in [-0.05, 0) is 63.6 Å². The van der Waals surface area contributed by atoms with Crippen LogP contribution in [0.4, 0.5) is 4.39 Å². The first-order valence-corrected chi connectivity index (χ1v) is 10.4. The van der Waals surface area contributed by atoms with E-state index < -0.39 is 0 Å². The van der Waals surface area contributed by atoms with E-state index in [4.69, 9.17) is 4.74 Å².